The summed E-state index contributed by atoms with van der Waals surface area (Å²) in [6, 6.07) is 31.7. The normalized spacial score (nSPS) is 16.1. The molecule has 0 radical (unpaired) electrons. The number of hydrogen-bond donors (Lipinski definition) is 0. The van der Waals surface area contributed by atoms with Crippen LogP contribution in [0.2, 0.25) is 0 Å². The lowest BCUT2D eigenvalue weighted by atomic mass is 9.82. The number of benzene rings is 4. The fraction of sp³-hybridized carbons (Fsp3) is 0.0909. The first-order valence-corrected chi connectivity index (χ1v) is 15.8. The minimum Gasteiger partial charge on any atom is -0.487 e. The van der Waals surface area contributed by atoms with E-state index in [1.165, 1.54) is 0 Å². The predicted molar refractivity (Wildman–Crippen MR) is 182 cm³/mol. The van der Waals surface area contributed by atoms with Crippen LogP contribution in [0.1, 0.15) is 33.4 Å². The van der Waals surface area contributed by atoms with E-state index in [0.29, 0.717) is 19.8 Å². The summed E-state index contributed by atoms with van der Waals surface area (Å²) in [6.07, 6.45) is 0. The SMILES string of the molecule is IC1=C(c2ccccc2)c2c(c3c(c4c2OCC(I)=C4c2ccccc2)OCC(I)=C3c2ccccc2)OC1. The third-order valence-corrected chi connectivity index (χ3v) is 9.70. The van der Waals surface area contributed by atoms with Crippen LogP contribution < -0.4 is 14.2 Å². The van der Waals surface area contributed by atoms with Crippen LogP contribution >= 0.6 is 67.8 Å². The van der Waals surface area contributed by atoms with Gasteiger partial charge in [-0.1, -0.05) is 91.0 Å². The average molecular weight is 846 g/mol. The Morgan fingerprint density at radius 1 is 0.385 bits per heavy atom. The molecule has 0 aliphatic carbocycles. The van der Waals surface area contributed by atoms with Crippen LogP contribution in [0.25, 0.3) is 16.7 Å². The van der Waals surface area contributed by atoms with Crippen molar-refractivity contribution in [2.75, 3.05) is 19.8 Å². The van der Waals surface area contributed by atoms with E-state index in [-0.39, 0.29) is 0 Å². The van der Waals surface area contributed by atoms with Crippen LogP contribution in [0.5, 0.6) is 17.2 Å². The zero-order valence-electron chi connectivity index (χ0n) is 20.6. The molecule has 6 heteroatoms. The summed E-state index contributed by atoms with van der Waals surface area (Å²) in [6.45, 7) is 1.50. The average Bonchev–Trinajstić information content (AvgIpc) is 2.98. The van der Waals surface area contributed by atoms with Gasteiger partial charge in [0.05, 0.1) is 16.7 Å². The van der Waals surface area contributed by atoms with Crippen LogP contribution in [0, 0.1) is 0 Å². The van der Waals surface area contributed by atoms with Crippen LogP contribution in [0.4, 0.5) is 0 Å². The number of rotatable bonds is 3. The highest BCUT2D eigenvalue weighted by Crippen LogP contribution is 2.60. The summed E-state index contributed by atoms with van der Waals surface area (Å²) in [7, 11) is 0. The molecule has 39 heavy (non-hydrogen) atoms. The largest absolute Gasteiger partial charge is 0.487 e. The second-order valence-electron chi connectivity index (χ2n) is 9.42. The molecule has 0 atom stereocenters. The lowest BCUT2D eigenvalue weighted by Crippen LogP contribution is -2.21. The first-order valence-electron chi connectivity index (χ1n) is 12.6. The maximum atomic E-state index is 6.64. The lowest BCUT2D eigenvalue weighted by molar-refractivity contribution is 0.313. The predicted octanol–water partition coefficient (Wildman–Crippen LogP) is 9.45. The third kappa shape index (κ3) is 4.33. The molecule has 3 heterocycles. The smallest absolute Gasteiger partial charge is 0.143 e. The molecule has 0 amide bonds. The lowest BCUT2D eigenvalue weighted by Gasteiger charge is -2.35. The van der Waals surface area contributed by atoms with Crippen LogP contribution in [0.3, 0.4) is 0 Å². The summed E-state index contributed by atoms with van der Waals surface area (Å²) < 4.78 is 23.4. The van der Waals surface area contributed by atoms with E-state index in [1.54, 1.807) is 0 Å². The zero-order valence-corrected chi connectivity index (χ0v) is 27.1. The fourth-order valence-corrected chi connectivity index (χ4v) is 7.76. The zero-order chi connectivity index (χ0) is 26.5. The van der Waals surface area contributed by atoms with E-state index < -0.39 is 0 Å². The molecule has 0 spiro atoms. The number of hydrogen-bond acceptors (Lipinski definition) is 3. The fourth-order valence-electron chi connectivity index (χ4n) is 5.55. The van der Waals surface area contributed by atoms with Gasteiger partial charge < -0.3 is 14.2 Å². The van der Waals surface area contributed by atoms with Gasteiger partial charge in [-0.2, -0.15) is 0 Å². The molecule has 0 bridgehead atoms. The first kappa shape index (κ1) is 25.6. The highest BCUT2D eigenvalue weighted by molar-refractivity contribution is 14.1. The Bertz CT molecular complexity index is 1480. The van der Waals surface area contributed by atoms with E-state index in [2.05, 4.69) is 159 Å². The first-order chi connectivity index (χ1) is 19.1. The standard InChI is InChI=1S/C33H21I3O3/c34-22-16-37-31-28(25(22)19-10-4-1-5-11-19)32-30(26(23(35)17-38-32)20-12-6-2-7-13-20)33-29(31)27(24(36)18-39-33)21-14-8-3-9-15-21/h1-15H,16-18H2. The van der Waals surface area contributed by atoms with Crippen LogP contribution in [0.15, 0.2) is 102 Å². The molecule has 4 aromatic carbocycles. The van der Waals surface area contributed by atoms with Crippen molar-refractivity contribution >= 4 is 84.5 Å². The Morgan fingerprint density at radius 2 is 0.641 bits per heavy atom. The summed E-state index contributed by atoms with van der Waals surface area (Å²) in [5.41, 5.74) is 9.96. The van der Waals surface area contributed by atoms with Crippen molar-refractivity contribution in [3.05, 3.63) is 135 Å². The van der Waals surface area contributed by atoms with Crippen molar-refractivity contribution in [2.24, 2.45) is 0 Å². The summed E-state index contributed by atoms with van der Waals surface area (Å²) >= 11 is 7.30. The molecule has 0 saturated heterocycles. The molecule has 0 N–H and O–H groups in total. The van der Waals surface area contributed by atoms with Crippen molar-refractivity contribution in [1.82, 2.24) is 0 Å². The van der Waals surface area contributed by atoms with Gasteiger partial charge in [0.2, 0.25) is 0 Å². The molecular weight excluding hydrogens is 825 g/mol. The van der Waals surface area contributed by atoms with Crippen LogP contribution in [-0.2, 0) is 0 Å². The third-order valence-electron chi connectivity index (χ3n) is 7.14. The van der Waals surface area contributed by atoms with Gasteiger partial charge >= 0.3 is 0 Å². The molecule has 0 saturated carbocycles. The van der Waals surface area contributed by atoms with E-state index in [9.17, 15) is 0 Å². The monoisotopic (exact) mass is 846 g/mol. The Hall–Kier alpha value is -2.31. The second-order valence-corrected chi connectivity index (χ2v) is 13.3. The summed E-state index contributed by atoms with van der Waals surface area (Å²) in [5, 5.41) is 0. The van der Waals surface area contributed by atoms with E-state index >= 15 is 0 Å². The second kappa shape index (κ2) is 10.6. The summed E-state index contributed by atoms with van der Waals surface area (Å²) in [5.74, 6) is 2.50. The van der Waals surface area contributed by atoms with Gasteiger partial charge in [-0.3, -0.25) is 0 Å². The van der Waals surface area contributed by atoms with E-state index in [1.807, 2.05) is 0 Å². The maximum Gasteiger partial charge on any atom is 0.143 e. The van der Waals surface area contributed by atoms with E-state index in [0.717, 1.165) is 78.1 Å². The molecule has 7 rings (SSSR count). The van der Waals surface area contributed by atoms with Crippen molar-refractivity contribution in [3.63, 3.8) is 0 Å². The number of halogens is 3. The molecule has 0 unspecified atom stereocenters. The molecule has 0 fully saturated rings. The molecule has 3 aliphatic rings. The highest BCUT2D eigenvalue weighted by atomic mass is 127. The van der Waals surface area contributed by atoms with E-state index in [4.69, 9.17) is 14.2 Å². The van der Waals surface area contributed by atoms with Gasteiger partial charge in [0.15, 0.2) is 0 Å². The van der Waals surface area contributed by atoms with Gasteiger partial charge in [0.25, 0.3) is 0 Å². The molecule has 3 aliphatic heterocycles. The van der Waals surface area contributed by atoms with Gasteiger partial charge in [-0.25, -0.2) is 0 Å². The van der Waals surface area contributed by atoms with Crippen LogP contribution in [-0.4, -0.2) is 19.8 Å². The Balaban J connectivity index is 1.63. The van der Waals surface area contributed by atoms with Gasteiger partial charge in [0, 0.05) is 27.5 Å². The number of ether oxygens (including phenoxy) is 3. The minimum absolute atomic E-state index is 0.501. The van der Waals surface area contributed by atoms with Crippen molar-refractivity contribution in [1.29, 1.82) is 0 Å². The molecule has 4 aromatic rings. The maximum absolute atomic E-state index is 6.64. The highest BCUT2D eigenvalue weighted by Gasteiger charge is 2.40. The molecular formula is C33H21I3O3. The molecule has 192 valence electrons. The summed E-state index contributed by atoms with van der Waals surface area (Å²) in [4.78, 5) is 0. The Kier molecular flexibility index (Phi) is 6.96. The quantitative estimate of drug-likeness (QED) is 0.193. The topological polar surface area (TPSA) is 27.7 Å². The van der Waals surface area contributed by atoms with Gasteiger partial charge in [-0.15, -0.1) is 0 Å². The molecule has 3 nitrogen and oxygen atoms in total. The van der Waals surface area contributed by atoms with Gasteiger partial charge in [0.1, 0.15) is 37.1 Å². The van der Waals surface area contributed by atoms with Crippen molar-refractivity contribution in [2.45, 2.75) is 0 Å². The molecule has 0 aromatic heterocycles. The van der Waals surface area contributed by atoms with Crippen molar-refractivity contribution in [3.8, 4) is 17.2 Å². The number of fused-ring (bicyclic) bond motifs is 6. The Labute approximate surface area is 268 Å². The Morgan fingerprint density at radius 3 is 0.897 bits per heavy atom. The van der Waals surface area contributed by atoms with Crippen molar-refractivity contribution < 1.29 is 14.2 Å². The van der Waals surface area contributed by atoms with Gasteiger partial charge in [-0.05, 0) is 84.5 Å². The minimum atomic E-state index is 0.501.